The quantitative estimate of drug-likeness (QED) is 0.386. The smallest absolute Gasteiger partial charge is 0.155 e. The SMILES string of the molecule is CCCC/C=C\CCC1ON1Cc1ccccc1. The summed E-state index contributed by atoms with van der Waals surface area (Å²) >= 11 is 0. The van der Waals surface area contributed by atoms with Gasteiger partial charge in [0.1, 0.15) is 0 Å². The normalized spacial score (nSPS) is 22.5. The van der Waals surface area contributed by atoms with E-state index in [0.29, 0.717) is 6.23 Å². The van der Waals surface area contributed by atoms with E-state index in [1.165, 1.54) is 24.8 Å². The number of allylic oxidation sites excluding steroid dienone is 2. The maximum atomic E-state index is 5.55. The Bertz CT molecular complexity index is 361. The molecular formula is C16H23NO. The van der Waals surface area contributed by atoms with E-state index >= 15 is 0 Å². The third-order valence-electron chi connectivity index (χ3n) is 3.19. The summed E-state index contributed by atoms with van der Waals surface area (Å²) in [7, 11) is 0. The summed E-state index contributed by atoms with van der Waals surface area (Å²) in [6.07, 6.45) is 11.0. The van der Waals surface area contributed by atoms with Crippen LogP contribution in [0.4, 0.5) is 0 Å². The van der Waals surface area contributed by atoms with Crippen LogP contribution in [0, 0.1) is 0 Å². The average Bonchev–Trinajstić information content (AvgIpc) is 3.13. The molecule has 2 unspecified atom stereocenters. The first-order valence-electron chi connectivity index (χ1n) is 7.02. The molecule has 0 radical (unpaired) electrons. The largest absolute Gasteiger partial charge is 0.275 e. The molecule has 0 bridgehead atoms. The van der Waals surface area contributed by atoms with Crippen LogP contribution >= 0.6 is 0 Å². The molecule has 1 aromatic carbocycles. The zero-order chi connectivity index (χ0) is 12.6. The van der Waals surface area contributed by atoms with Gasteiger partial charge in [0.25, 0.3) is 0 Å². The van der Waals surface area contributed by atoms with E-state index in [-0.39, 0.29) is 0 Å². The zero-order valence-corrected chi connectivity index (χ0v) is 11.2. The first kappa shape index (κ1) is 13.3. The summed E-state index contributed by atoms with van der Waals surface area (Å²) in [6.45, 7) is 3.14. The van der Waals surface area contributed by atoms with Crippen LogP contribution in [0.2, 0.25) is 0 Å². The molecule has 0 aromatic heterocycles. The lowest BCUT2D eigenvalue weighted by atomic mass is 10.2. The number of unbranched alkanes of at least 4 members (excludes halogenated alkanes) is 2. The molecule has 98 valence electrons. The molecule has 18 heavy (non-hydrogen) atoms. The van der Waals surface area contributed by atoms with Gasteiger partial charge in [-0.2, -0.15) is 5.06 Å². The fraction of sp³-hybridized carbons (Fsp3) is 0.500. The van der Waals surface area contributed by atoms with Crippen molar-refractivity contribution in [2.24, 2.45) is 0 Å². The van der Waals surface area contributed by atoms with Gasteiger partial charge in [-0.15, -0.1) is 0 Å². The summed E-state index contributed by atoms with van der Waals surface area (Å²) in [5.74, 6) is 0. The number of nitrogens with zero attached hydrogens (tertiary/aromatic N) is 1. The van der Waals surface area contributed by atoms with Crippen LogP contribution in [-0.2, 0) is 11.4 Å². The van der Waals surface area contributed by atoms with E-state index in [1.807, 2.05) is 6.07 Å². The molecule has 2 nitrogen and oxygen atoms in total. The van der Waals surface area contributed by atoms with E-state index in [9.17, 15) is 0 Å². The van der Waals surface area contributed by atoms with Gasteiger partial charge >= 0.3 is 0 Å². The monoisotopic (exact) mass is 245 g/mol. The molecule has 0 amide bonds. The average molecular weight is 245 g/mol. The van der Waals surface area contributed by atoms with Crippen molar-refractivity contribution in [3.8, 4) is 0 Å². The Labute approximate surface area is 110 Å². The standard InChI is InChI=1S/C16H23NO/c1-2-3-4-5-6-10-13-16-17(18-16)14-15-11-8-7-9-12-15/h5-9,11-12,16H,2-4,10,13-14H2,1H3/b6-5-. The lowest BCUT2D eigenvalue weighted by Gasteiger charge is -1.98. The fourth-order valence-corrected chi connectivity index (χ4v) is 2.02. The lowest BCUT2D eigenvalue weighted by molar-refractivity contribution is 0.191. The predicted molar refractivity (Wildman–Crippen MR) is 74.8 cm³/mol. The van der Waals surface area contributed by atoms with E-state index in [1.54, 1.807) is 0 Å². The van der Waals surface area contributed by atoms with Gasteiger partial charge in [-0.3, -0.25) is 4.84 Å². The van der Waals surface area contributed by atoms with Crippen molar-refractivity contribution in [2.45, 2.75) is 51.8 Å². The zero-order valence-electron chi connectivity index (χ0n) is 11.2. The van der Waals surface area contributed by atoms with Crippen molar-refractivity contribution in [1.82, 2.24) is 5.06 Å². The summed E-state index contributed by atoms with van der Waals surface area (Å²) in [4.78, 5) is 5.55. The highest BCUT2D eigenvalue weighted by molar-refractivity contribution is 5.14. The Morgan fingerprint density at radius 1 is 1.17 bits per heavy atom. The Morgan fingerprint density at radius 3 is 2.72 bits per heavy atom. The van der Waals surface area contributed by atoms with Gasteiger partial charge in [0.15, 0.2) is 6.23 Å². The highest BCUT2D eigenvalue weighted by Gasteiger charge is 2.34. The molecule has 0 saturated carbocycles. The minimum absolute atomic E-state index is 0.334. The molecule has 1 aliphatic rings. The third-order valence-corrected chi connectivity index (χ3v) is 3.19. The van der Waals surface area contributed by atoms with Gasteiger partial charge in [0.2, 0.25) is 0 Å². The highest BCUT2D eigenvalue weighted by Crippen LogP contribution is 2.27. The maximum absolute atomic E-state index is 5.55. The van der Waals surface area contributed by atoms with Crippen LogP contribution in [-0.4, -0.2) is 11.3 Å². The minimum Gasteiger partial charge on any atom is -0.275 e. The molecule has 0 aliphatic carbocycles. The van der Waals surface area contributed by atoms with Crippen molar-refractivity contribution >= 4 is 0 Å². The molecule has 0 N–H and O–H groups in total. The topological polar surface area (TPSA) is 15.5 Å². The summed E-state index contributed by atoms with van der Waals surface area (Å²) < 4.78 is 0. The molecule has 2 atom stereocenters. The molecule has 1 aromatic rings. The first-order valence-corrected chi connectivity index (χ1v) is 7.02. The highest BCUT2D eigenvalue weighted by atomic mass is 16.8. The molecule has 1 fully saturated rings. The van der Waals surface area contributed by atoms with Gasteiger partial charge < -0.3 is 0 Å². The van der Waals surface area contributed by atoms with E-state index in [0.717, 1.165) is 19.4 Å². The van der Waals surface area contributed by atoms with E-state index in [2.05, 4.69) is 48.4 Å². The van der Waals surface area contributed by atoms with Crippen molar-refractivity contribution in [1.29, 1.82) is 0 Å². The second kappa shape index (κ2) is 7.34. The van der Waals surface area contributed by atoms with Crippen molar-refractivity contribution < 1.29 is 4.84 Å². The fourth-order valence-electron chi connectivity index (χ4n) is 2.02. The number of rotatable bonds is 8. The van der Waals surface area contributed by atoms with E-state index < -0.39 is 0 Å². The molecule has 2 heteroatoms. The van der Waals surface area contributed by atoms with Crippen LogP contribution < -0.4 is 0 Å². The summed E-state index contributed by atoms with van der Waals surface area (Å²) in [5, 5.41) is 2.06. The van der Waals surface area contributed by atoms with Crippen molar-refractivity contribution in [3.05, 3.63) is 48.0 Å². The Morgan fingerprint density at radius 2 is 1.94 bits per heavy atom. The first-order chi connectivity index (χ1) is 8.90. The number of hydrogen-bond donors (Lipinski definition) is 0. The Kier molecular flexibility index (Phi) is 5.43. The second-order valence-corrected chi connectivity index (χ2v) is 4.81. The van der Waals surface area contributed by atoms with Crippen LogP contribution in [0.5, 0.6) is 0 Å². The minimum atomic E-state index is 0.334. The molecule has 2 rings (SSSR count). The molecule has 1 saturated heterocycles. The Hall–Kier alpha value is -1.12. The number of hydroxylamine groups is 2. The molecule has 1 aliphatic heterocycles. The number of hydrogen-bond acceptors (Lipinski definition) is 2. The van der Waals surface area contributed by atoms with Crippen LogP contribution in [0.25, 0.3) is 0 Å². The second-order valence-electron chi connectivity index (χ2n) is 4.81. The van der Waals surface area contributed by atoms with Gasteiger partial charge in [0.05, 0.1) is 6.54 Å². The Balaban J connectivity index is 1.57. The van der Waals surface area contributed by atoms with Crippen molar-refractivity contribution in [2.75, 3.05) is 0 Å². The predicted octanol–water partition coefficient (Wildman–Crippen LogP) is 4.29. The van der Waals surface area contributed by atoms with Gasteiger partial charge in [-0.1, -0.05) is 62.2 Å². The van der Waals surface area contributed by atoms with Crippen LogP contribution in [0.1, 0.15) is 44.6 Å². The van der Waals surface area contributed by atoms with Crippen LogP contribution in [0.15, 0.2) is 42.5 Å². The lowest BCUT2D eigenvalue weighted by Crippen LogP contribution is -2.01. The van der Waals surface area contributed by atoms with Gasteiger partial charge in [-0.05, 0) is 24.8 Å². The molecule has 0 spiro atoms. The third kappa shape index (κ3) is 4.63. The van der Waals surface area contributed by atoms with Crippen molar-refractivity contribution in [3.63, 3.8) is 0 Å². The van der Waals surface area contributed by atoms with Gasteiger partial charge in [-0.25, -0.2) is 0 Å². The molecular weight excluding hydrogens is 222 g/mol. The molecule has 1 heterocycles. The summed E-state index contributed by atoms with van der Waals surface area (Å²) in [6, 6.07) is 10.5. The van der Waals surface area contributed by atoms with E-state index in [4.69, 9.17) is 4.84 Å². The maximum Gasteiger partial charge on any atom is 0.155 e. The van der Waals surface area contributed by atoms with Crippen LogP contribution in [0.3, 0.4) is 0 Å². The van der Waals surface area contributed by atoms with Gasteiger partial charge in [0, 0.05) is 0 Å². The number of benzene rings is 1. The summed E-state index contributed by atoms with van der Waals surface area (Å²) in [5.41, 5.74) is 1.32.